The number of nitrogens with two attached hydrogens (primary N) is 1. The fraction of sp³-hybridized carbons (Fsp3) is 0.917. The summed E-state index contributed by atoms with van der Waals surface area (Å²) in [6.07, 6.45) is 0.842. The Morgan fingerprint density at radius 3 is 1.94 bits per heavy atom. The molecule has 17 heavy (non-hydrogen) atoms. The SMILES string of the molecule is CCOC(CC(N)C=O)(OCC)OC(C)(C)C. The second-order valence-electron chi connectivity index (χ2n) is 4.77. The molecule has 0 bridgehead atoms. The number of carbonyl (C=O) groups is 1. The van der Waals surface area contributed by atoms with E-state index in [-0.39, 0.29) is 6.42 Å². The van der Waals surface area contributed by atoms with Gasteiger partial charge in [-0.15, -0.1) is 0 Å². The van der Waals surface area contributed by atoms with Crippen LogP contribution in [0, 0.1) is 0 Å². The van der Waals surface area contributed by atoms with E-state index >= 15 is 0 Å². The van der Waals surface area contributed by atoms with E-state index in [0.717, 1.165) is 0 Å². The molecule has 0 amide bonds. The topological polar surface area (TPSA) is 70.8 Å². The molecular weight excluding hydrogens is 222 g/mol. The zero-order valence-corrected chi connectivity index (χ0v) is 11.5. The Balaban J connectivity index is 4.89. The van der Waals surface area contributed by atoms with Gasteiger partial charge in [0, 0.05) is 13.2 Å². The Labute approximate surface area is 104 Å². The quantitative estimate of drug-likeness (QED) is 0.519. The molecular formula is C12H25NO4. The van der Waals surface area contributed by atoms with E-state index in [1.165, 1.54) is 0 Å². The van der Waals surface area contributed by atoms with Gasteiger partial charge in [0.05, 0.1) is 18.1 Å². The van der Waals surface area contributed by atoms with Gasteiger partial charge in [-0.05, 0) is 34.6 Å². The van der Waals surface area contributed by atoms with Gasteiger partial charge in [0.2, 0.25) is 0 Å². The summed E-state index contributed by atoms with van der Waals surface area (Å²) in [7, 11) is 0. The van der Waals surface area contributed by atoms with Crippen LogP contribution in [0.25, 0.3) is 0 Å². The first-order valence-corrected chi connectivity index (χ1v) is 5.97. The van der Waals surface area contributed by atoms with Crippen molar-refractivity contribution >= 4 is 6.29 Å². The van der Waals surface area contributed by atoms with Crippen LogP contribution in [0.2, 0.25) is 0 Å². The van der Waals surface area contributed by atoms with Gasteiger partial charge in [-0.25, -0.2) is 0 Å². The summed E-state index contributed by atoms with van der Waals surface area (Å²) in [5, 5.41) is 0. The van der Waals surface area contributed by atoms with E-state index in [9.17, 15) is 4.79 Å². The smallest absolute Gasteiger partial charge is 0.285 e. The van der Waals surface area contributed by atoms with Gasteiger partial charge in [0.1, 0.15) is 6.29 Å². The van der Waals surface area contributed by atoms with E-state index in [2.05, 4.69) is 0 Å². The van der Waals surface area contributed by atoms with Crippen LogP contribution in [-0.4, -0.2) is 37.1 Å². The highest BCUT2D eigenvalue weighted by atomic mass is 16.9. The van der Waals surface area contributed by atoms with Gasteiger partial charge in [-0.3, -0.25) is 0 Å². The number of rotatable bonds is 8. The second-order valence-corrected chi connectivity index (χ2v) is 4.77. The molecule has 0 aliphatic rings. The Bertz CT molecular complexity index is 219. The standard InChI is InChI=1S/C12H25NO4/c1-6-15-12(16-7-2,8-10(13)9-14)17-11(3,4)5/h9-10H,6-8,13H2,1-5H3. The number of hydrogen-bond acceptors (Lipinski definition) is 5. The van der Waals surface area contributed by atoms with Crippen LogP contribution in [0.1, 0.15) is 41.0 Å². The van der Waals surface area contributed by atoms with Crippen LogP contribution in [0.4, 0.5) is 0 Å². The van der Waals surface area contributed by atoms with E-state index < -0.39 is 17.6 Å². The minimum Gasteiger partial charge on any atom is -0.328 e. The van der Waals surface area contributed by atoms with Gasteiger partial charge >= 0.3 is 0 Å². The van der Waals surface area contributed by atoms with Crippen molar-refractivity contribution in [1.82, 2.24) is 0 Å². The number of carbonyl (C=O) groups excluding carboxylic acids is 1. The molecule has 1 atom stereocenters. The molecule has 1 unspecified atom stereocenters. The maximum absolute atomic E-state index is 10.7. The van der Waals surface area contributed by atoms with Gasteiger partial charge < -0.3 is 24.7 Å². The average Bonchev–Trinajstić information content (AvgIpc) is 2.15. The Kier molecular flexibility index (Phi) is 6.85. The van der Waals surface area contributed by atoms with Crippen LogP contribution in [0.3, 0.4) is 0 Å². The summed E-state index contributed by atoms with van der Waals surface area (Å²) in [6.45, 7) is 10.2. The summed E-state index contributed by atoms with van der Waals surface area (Å²) >= 11 is 0. The minimum atomic E-state index is -1.25. The summed E-state index contributed by atoms with van der Waals surface area (Å²) in [5.41, 5.74) is 5.18. The molecule has 0 aromatic rings. The van der Waals surface area contributed by atoms with Crippen molar-refractivity contribution in [3.05, 3.63) is 0 Å². The maximum Gasteiger partial charge on any atom is 0.285 e. The first-order valence-electron chi connectivity index (χ1n) is 5.97. The van der Waals surface area contributed by atoms with Crippen LogP contribution in [-0.2, 0) is 19.0 Å². The van der Waals surface area contributed by atoms with Crippen molar-refractivity contribution in [1.29, 1.82) is 0 Å². The van der Waals surface area contributed by atoms with Crippen molar-refractivity contribution < 1.29 is 19.0 Å². The van der Waals surface area contributed by atoms with E-state index in [4.69, 9.17) is 19.9 Å². The first kappa shape index (κ1) is 16.5. The number of aldehydes is 1. The van der Waals surface area contributed by atoms with Gasteiger partial charge in [0.15, 0.2) is 0 Å². The Hall–Kier alpha value is -0.490. The minimum absolute atomic E-state index is 0.176. The molecule has 0 aromatic heterocycles. The van der Waals surface area contributed by atoms with Crippen molar-refractivity contribution in [3.63, 3.8) is 0 Å². The van der Waals surface area contributed by atoms with Crippen molar-refractivity contribution in [2.45, 2.75) is 58.7 Å². The predicted octanol–water partition coefficient (Wildman–Crippen LogP) is 1.44. The molecule has 0 fully saturated rings. The zero-order valence-electron chi connectivity index (χ0n) is 11.5. The molecule has 5 heteroatoms. The fourth-order valence-corrected chi connectivity index (χ4v) is 1.50. The second kappa shape index (κ2) is 7.06. The monoisotopic (exact) mass is 247 g/mol. The molecule has 2 N–H and O–H groups in total. The third-order valence-corrected chi connectivity index (χ3v) is 1.85. The normalized spacial score (nSPS) is 14.7. The molecule has 0 spiro atoms. The Morgan fingerprint density at radius 1 is 1.18 bits per heavy atom. The lowest BCUT2D eigenvalue weighted by Crippen LogP contribution is -2.49. The lowest BCUT2D eigenvalue weighted by Gasteiger charge is -2.38. The summed E-state index contributed by atoms with van der Waals surface area (Å²) in [6, 6.07) is -0.671. The van der Waals surface area contributed by atoms with Crippen LogP contribution >= 0.6 is 0 Å². The molecule has 5 nitrogen and oxygen atoms in total. The third-order valence-electron chi connectivity index (χ3n) is 1.85. The van der Waals surface area contributed by atoms with Gasteiger partial charge in [-0.2, -0.15) is 0 Å². The largest absolute Gasteiger partial charge is 0.328 e. The van der Waals surface area contributed by atoms with Gasteiger partial charge in [-0.1, -0.05) is 0 Å². The number of ether oxygens (including phenoxy) is 3. The molecule has 0 saturated heterocycles. The predicted molar refractivity (Wildman–Crippen MR) is 65.5 cm³/mol. The van der Waals surface area contributed by atoms with Crippen molar-refractivity contribution in [2.75, 3.05) is 13.2 Å². The highest BCUT2D eigenvalue weighted by Gasteiger charge is 2.39. The molecule has 102 valence electrons. The van der Waals surface area contributed by atoms with Gasteiger partial charge in [0.25, 0.3) is 5.97 Å². The summed E-state index contributed by atoms with van der Waals surface area (Å²) in [4.78, 5) is 10.7. The van der Waals surface area contributed by atoms with Crippen LogP contribution < -0.4 is 5.73 Å². The van der Waals surface area contributed by atoms with Crippen molar-refractivity contribution in [2.24, 2.45) is 5.73 Å². The maximum atomic E-state index is 10.7. The lowest BCUT2D eigenvalue weighted by atomic mass is 10.1. The molecule has 0 aromatic carbocycles. The van der Waals surface area contributed by atoms with E-state index in [0.29, 0.717) is 19.5 Å². The van der Waals surface area contributed by atoms with Crippen LogP contribution in [0.15, 0.2) is 0 Å². The summed E-state index contributed by atoms with van der Waals surface area (Å²) < 4.78 is 16.9. The van der Waals surface area contributed by atoms with Crippen molar-refractivity contribution in [3.8, 4) is 0 Å². The molecule has 0 aliphatic carbocycles. The average molecular weight is 247 g/mol. The third kappa shape index (κ3) is 6.73. The highest BCUT2D eigenvalue weighted by Crippen LogP contribution is 2.27. The first-order chi connectivity index (χ1) is 7.78. The molecule has 0 saturated carbocycles. The molecule has 0 radical (unpaired) electrons. The molecule has 0 heterocycles. The number of hydrogen-bond donors (Lipinski definition) is 1. The zero-order chi connectivity index (χ0) is 13.5. The van der Waals surface area contributed by atoms with E-state index in [1.54, 1.807) is 0 Å². The molecule has 0 rings (SSSR count). The van der Waals surface area contributed by atoms with Crippen LogP contribution in [0.5, 0.6) is 0 Å². The Morgan fingerprint density at radius 2 is 1.65 bits per heavy atom. The lowest BCUT2D eigenvalue weighted by molar-refractivity contribution is -0.406. The molecule has 0 aliphatic heterocycles. The fourth-order valence-electron chi connectivity index (χ4n) is 1.50. The summed E-state index contributed by atoms with van der Waals surface area (Å²) in [5.74, 6) is -1.25. The van der Waals surface area contributed by atoms with E-state index in [1.807, 2.05) is 34.6 Å². The highest BCUT2D eigenvalue weighted by molar-refractivity contribution is 5.56.